The zero-order valence-electron chi connectivity index (χ0n) is 42.4. The van der Waals surface area contributed by atoms with E-state index in [1.54, 1.807) is 62.3 Å². The maximum atomic E-state index is 12.9. The topological polar surface area (TPSA) is 336 Å². The number of carboxylic acid groups (broad SMARTS) is 1. The lowest BCUT2D eigenvalue weighted by Gasteiger charge is -2.27. The van der Waals surface area contributed by atoms with Crippen molar-refractivity contribution in [1.29, 1.82) is 0 Å². The summed E-state index contributed by atoms with van der Waals surface area (Å²) in [4.78, 5) is 97.5. The molecule has 0 radical (unpaired) electrons. The monoisotopic (exact) mass is 1080 g/mol. The van der Waals surface area contributed by atoms with Crippen molar-refractivity contribution in [3.05, 3.63) is 0 Å². The van der Waals surface area contributed by atoms with Crippen LogP contribution in [0, 0.1) is 11.8 Å². The van der Waals surface area contributed by atoms with E-state index in [1.807, 2.05) is 27.7 Å². The first-order valence-electron chi connectivity index (χ1n) is 22.4. The minimum atomic E-state index is -1.13. The summed E-state index contributed by atoms with van der Waals surface area (Å²) < 4.78 is 20.6. The minimum absolute atomic E-state index is 0. The van der Waals surface area contributed by atoms with Gasteiger partial charge in [0.2, 0.25) is 11.9 Å². The van der Waals surface area contributed by atoms with Crippen LogP contribution >= 0.6 is 34.8 Å². The van der Waals surface area contributed by atoms with Crippen molar-refractivity contribution in [2.45, 2.75) is 201 Å². The van der Waals surface area contributed by atoms with Crippen LogP contribution in [0.4, 0.5) is 4.79 Å². The third-order valence-corrected chi connectivity index (χ3v) is 9.14. The van der Waals surface area contributed by atoms with Gasteiger partial charge in [-0.15, -0.1) is 0 Å². The number of quaternary nitrogens is 2. The summed E-state index contributed by atoms with van der Waals surface area (Å²) in [5.41, 5.74) is 6.80. The van der Waals surface area contributed by atoms with Gasteiger partial charge in [0.1, 0.15) is 27.2 Å². The molecular weight excluding hydrogens is 1010 g/mol. The summed E-state index contributed by atoms with van der Waals surface area (Å²) >= 11 is 17.2. The first kappa shape index (κ1) is 67.7. The van der Waals surface area contributed by atoms with Gasteiger partial charge in [0.05, 0.1) is 24.7 Å². The Morgan fingerprint density at radius 1 is 0.629 bits per heavy atom. The number of amides is 3. The SMILES string of the molecule is CC(=O)[O-].CC(C)C[C@@H](NC(=O)OC(C)(C)C)C(=O)N[C@H](C(=O)OC(C)C)[C@@H]1CC(Cl)=NO1.CC(C)C[C@@H]([NH3+])C(=O)N[C@H](C(=O)OC(C)C)[C@@H]1CC(Cl)=NO1.CC(C)OC(=O)[C@@H]([NH3+])[C@@H]1CC(Cl)=NO1.[Cl-]. The third-order valence-electron chi connectivity index (χ3n) is 8.47. The van der Waals surface area contributed by atoms with Crippen molar-refractivity contribution >= 4 is 92.1 Å². The van der Waals surface area contributed by atoms with Gasteiger partial charge in [0.15, 0.2) is 36.4 Å². The van der Waals surface area contributed by atoms with Crippen molar-refractivity contribution < 1.29 is 96.0 Å². The Labute approximate surface area is 431 Å². The lowest BCUT2D eigenvalue weighted by molar-refractivity contribution is -0.426. The molecule has 0 aromatic carbocycles. The van der Waals surface area contributed by atoms with Crippen LogP contribution in [0.15, 0.2) is 15.5 Å². The molecular formula is C43H74Cl4N8O15. The van der Waals surface area contributed by atoms with Gasteiger partial charge in [-0.25, -0.2) is 19.2 Å². The molecule has 8 atom stereocenters. The molecule has 0 bridgehead atoms. The van der Waals surface area contributed by atoms with E-state index in [0.717, 1.165) is 6.92 Å². The van der Waals surface area contributed by atoms with Crippen LogP contribution in [0.3, 0.4) is 0 Å². The van der Waals surface area contributed by atoms with Gasteiger partial charge in [0, 0.05) is 25.2 Å². The zero-order valence-corrected chi connectivity index (χ0v) is 45.5. The number of alkyl carbamates (subject to hydrolysis) is 1. The minimum Gasteiger partial charge on any atom is -1.00 e. The fraction of sp³-hybridized carbons (Fsp3) is 0.767. The first-order chi connectivity index (χ1) is 31.7. The van der Waals surface area contributed by atoms with E-state index in [1.165, 1.54) is 0 Å². The Kier molecular flexibility index (Phi) is 32.2. The molecule has 0 aliphatic carbocycles. The first-order valence-corrected chi connectivity index (χ1v) is 23.6. The number of carbonyl (C=O) groups is 7. The zero-order chi connectivity index (χ0) is 53.5. The summed E-state index contributed by atoms with van der Waals surface area (Å²) in [7, 11) is 0. The Morgan fingerprint density at radius 3 is 1.29 bits per heavy atom. The Hall–Kier alpha value is -4.42. The molecule has 9 N–H and O–H groups in total. The summed E-state index contributed by atoms with van der Waals surface area (Å²) in [5, 5.41) is 28.3. The lowest BCUT2D eigenvalue weighted by atomic mass is 10.0. The molecule has 3 aliphatic heterocycles. The fourth-order valence-corrected chi connectivity index (χ4v) is 6.29. The summed E-state index contributed by atoms with van der Waals surface area (Å²) in [6.45, 7) is 24.4. The number of nitrogens with one attached hydrogen (secondary N) is 3. The Morgan fingerprint density at radius 2 is 0.971 bits per heavy atom. The molecule has 0 saturated carbocycles. The number of nitrogens with zero attached hydrogens (tertiary/aromatic N) is 3. The van der Waals surface area contributed by atoms with Crippen molar-refractivity contribution in [1.82, 2.24) is 16.0 Å². The fourth-order valence-electron chi connectivity index (χ4n) is 5.71. The average molecular weight is 1080 g/mol. The molecule has 0 aromatic rings. The molecule has 70 heavy (non-hydrogen) atoms. The third kappa shape index (κ3) is 29.7. The highest BCUT2D eigenvalue weighted by Crippen LogP contribution is 2.20. The molecule has 0 spiro atoms. The number of ether oxygens (including phenoxy) is 4. The average Bonchev–Trinajstić information content (AvgIpc) is 3.94. The van der Waals surface area contributed by atoms with Gasteiger partial charge in [-0.1, -0.05) is 78.0 Å². The van der Waals surface area contributed by atoms with E-state index >= 15 is 0 Å². The standard InChI is InChI=1S/C19H32ClN3O6.C14H24ClN3O4.C8H13ClN2O3.C2H4O2.ClH/c1-10(2)8-12(21-18(26)28-19(5,6)7)16(24)22-15(17(25)27-11(3)4)13-9-14(20)23-29-13;1-7(2)5-9(16)13(19)17-12(14(20)21-8(3)4)10-6-11(15)18-22-10;1-4(2)13-8(12)7(10)5-3-6(9)11-14-5;1-2(3)4;/h10-13,15H,8-9H2,1-7H3,(H,21,26)(H,22,24);7-10,12H,5-6,16H2,1-4H3,(H,17,19);4-5,7H,3,10H2,1-2H3;1H3,(H,3,4);1H/t12-,13+,15+;9-,10+,12+;5-,7-;;/m110../s1. The number of esters is 3. The summed E-state index contributed by atoms with van der Waals surface area (Å²) in [6.07, 6.45) is -1.58. The Bertz CT molecular complexity index is 1790. The molecule has 404 valence electrons. The van der Waals surface area contributed by atoms with Crippen LogP contribution in [0.1, 0.15) is 129 Å². The second-order valence-corrected chi connectivity index (χ2v) is 19.9. The van der Waals surface area contributed by atoms with Crippen LogP contribution in [0.2, 0.25) is 0 Å². The molecule has 3 heterocycles. The van der Waals surface area contributed by atoms with Crippen LogP contribution in [0.5, 0.6) is 0 Å². The van der Waals surface area contributed by atoms with Crippen LogP contribution in [0.25, 0.3) is 0 Å². The van der Waals surface area contributed by atoms with E-state index in [2.05, 4.69) is 42.9 Å². The van der Waals surface area contributed by atoms with Gasteiger partial charge < -0.3 is 83.2 Å². The van der Waals surface area contributed by atoms with Gasteiger partial charge in [-0.3, -0.25) is 9.59 Å². The number of oxime groups is 3. The van der Waals surface area contributed by atoms with E-state index in [9.17, 15) is 28.8 Å². The molecule has 0 unspecified atom stereocenters. The predicted octanol–water partition coefficient (Wildman–Crippen LogP) is -1.23. The number of carbonyl (C=O) groups excluding carboxylic acids is 7. The van der Waals surface area contributed by atoms with Crippen molar-refractivity contribution in [3.8, 4) is 0 Å². The molecule has 0 saturated heterocycles. The lowest BCUT2D eigenvalue weighted by Crippen LogP contribution is -3.00. The van der Waals surface area contributed by atoms with Crippen molar-refractivity contribution in [2.75, 3.05) is 0 Å². The summed E-state index contributed by atoms with van der Waals surface area (Å²) in [5.74, 6) is -3.14. The maximum Gasteiger partial charge on any atom is 0.408 e. The molecule has 27 heteroatoms. The quantitative estimate of drug-likeness (QED) is 0.0793. The molecule has 23 nitrogen and oxygen atoms in total. The van der Waals surface area contributed by atoms with Gasteiger partial charge in [0.25, 0.3) is 5.91 Å². The number of aliphatic carboxylic acids is 1. The largest absolute Gasteiger partial charge is 1.00 e. The number of halogens is 4. The molecule has 0 aromatic heterocycles. The normalized spacial score (nSPS) is 19.0. The Balaban J connectivity index is 0. The second kappa shape index (κ2) is 33.3. The van der Waals surface area contributed by atoms with Gasteiger partial charge in [-0.2, -0.15) is 0 Å². The highest BCUT2D eigenvalue weighted by atomic mass is 35.5. The molecule has 3 amide bonds. The van der Waals surface area contributed by atoms with Gasteiger partial charge >= 0.3 is 24.0 Å². The van der Waals surface area contributed by atoms with Crippen LogP contribution in [-0.2, 0) is 62.2 Å². The van der Waals surface area contributed by atoms with E-state index in [0.29, 0.717) is 30.4 Å². The summed E-state index contributed by atoms with van der Waals surface area (Å²) in [6, 6.07) is -4.02. The molecule has 3 rings (SSSR count). The number of hydrogen-bond donors (Lipinski definition) is 5. The van der Waals surface area contributed by atoms with Crippen LogP contribution < -0.4 is 44.9 Å². The highest BCUT2D eigenvalue weighted by Gasteiger charge is 2.41. The van der Waals surface area contributed by atoms with Crippen LogP contribution in [-0.4, -0.2) is 130 Å². The van der Waals surface area contributed by atoms with Gasteiger partial charge in [-0.05, 0) is 87.5 Å². The number of carboxylic acids is 1. The van der Waals surface area contributed by atoms with Crippen molar-refractivity contribution in [3.63, 3.8) is 0 Å². The smallest absolute Gasteiger partial charge is 0.408 e. The maximum absolute atomic E-state index is 12.9. The van der Waals surface area contributed by atoms with E-state index in [4.69, 9.17) is 78.2 Å². The second-order valence-electron chi connectivity index (χ2n) is 18.6. The van der Waals surface area contributed by atoms with E-state index in [-0.39, 0.29) is 71.7 Å². The molecule has 0 fully saturated rings. The molecule has 3 aliphatic rings. The predicted molar refractivity (Wildman–Crippen MR) is 252 cm³/mol. The van der Waals surface area contributed by atoms with Crippen molar-refractivity contribution in [2.24, 2.45) is 27.3 Å². The number of hydrogen-bond acceptors (Lipinski definition) is 18. The number of rotatable bonds is 18. The highest BCUT2D eigenvalue weighted by molar-refractivity contribution is 6.66. The van der Waals surface area contributed by atoms with E-state index < -0.39 is 84.0 Å².